The molecular weight excluding hydrogens is 482 g/mol. The minimum atomic E-state index is -1.15. The molecule has 4 rings (SSSR count). The number of anilines is 1. The highest BCUT2D eigenvalue weighted by molar-refractivity contribution is 6.04. The van der Waals surface area contributed by atoms with E-state index in [1.54, 1.807) is 49.1 Å². The number of pyridine rings is 2. The Morgan fingerprint density at radius 2 is 1.76 bits per heavy atom. The van der Waals surface area contributed by atoms with Gasteiger partial charge in [0.15, 0.2) is 0 Å². The highest BCUT2D eigenvalue weighted by atomic mass is 16.4. The van der Waals surface area contributed by atoms with Gasteiger partial charge in [-0.3, -0.25) is 29.4 Å². The lowest BCUT2D eigenvalue weighted by molar-refractivity contribution is -0.128. The summed E-state index contributed by atoms with van der Waals surface area (Å²) in [6.45, 7) is 6.81. The van der Waals surface area contributed by atoms with Gasteiger partial charge in [0.1, 0.15) is 12.1 Å². The Balaban J connectivity index is 1.77. The molecule has 1 aliphatic heterocycles. The zero-order chi connectivity index (χ0) is 27.3. The first kappa shape index (κ1) is 26.8. The van der Waals surface area contributed by atoms with E-state index in [4.69, 9.17) is 0 Å². The van der Waals surface area contributed by atoms with Gasteiger partial charge in [-0.25, -0.2) is 4.79 Å². The quantitative estimate of drug-likeness (QED) is 0.485. The van der Waals surface area contributed by atoms with E-state index >= 15 is 0 Å². The summed E-state index contributed by atoms with van der Waals surface area (Å²) in [5.41, 5.74) is 2.85. The summed E-state index contributed by atoms with van der Waals surface area (Å²) in [6, 6.07) is 12.6. The summed E-state index contributed by atoms with van der Waals surface area (Å²) < 4.78 is 0. The van der Waals surface area contributed by atoms with E-state index in [-0.39, 0.29) is 18.5 Å². The van der Waals surface area contributed by atoms with Crippen LogP contribution in [-0.2, 0) is 21.5 Å². The number of hydrogen-bond donors (Lipinski definition) is 2. The van der Waals surface area contributed by atoms with Crippen LogP contribution in [0.5, 0.6) is 0 Å². The summed E-state index contributed by atoms with van der Waals surface area (Å²) in [6.07, 6.45) is 6.27. The van der Waals surface area contributed by atoms with E-state index < -0.39 is 30.0 Å². The Bertz CT molecular complexity index is 1260. The molecule has 2 N–H and O–H groups in total. The number of nitrogens with one attached hydrogen (secondary N) is 1. The number of aromatic nitrogens is 2. The Morgan fingerprint density at radius 1 is 1.05 bits per heavy atom. The van der Waals surface area contributed by atoms with Crippen LogP contribution in [0.15, 0.2) is 73.3 Å². The van der Waals surface area contributed by atoms with Gasteiger partial charge < -0.3 is 10.4 Å². The number of likely N-dealkylation sites (tertiary alicyclic amines) is 1. The first-order valence-electron chi connectivity index (χ1n) is 12.7. The highest BCUT2D eigenvalue weighted by Crippen LogP contribution is 2.33. The summed E-state index contributed by atoms with van der Waals surface area (Å²) in [4.78, 5) is 50.7. The van der Waals surface area contributed by atoms with Crippen LogP contribution in [0.25, 0.3) is 0 Å². The first-order chi connectivity index (χ1) is 18.2. The van der Waals surface area contributed by atoms with Crippen LogP contribution >= 0.6 is 0 Å². The van der Waals surface area contributed by atoms with Crippen molar-refractivity contribution in [3.63, 3.8) is 0 Å². The number of carbonyl (C=O) groups excluding carboxylic acids is 2. The molecule has 1 fully saturated rings. The minimum absolute atomic E-state index is 0.108. The molecule has 38 heavy (non-hydrogen) atoms. The van der Waals surface area contributed by atoms with Crippen molar-refractivity contribution >= 4 is 23.6 Å². The Morgan fingerprint density at radius 3 is 2.37 bits per heavy atom. The number of rotatable bonds is 7. The molecule has 0 aliphatic carbocycles. The molecule has 198 valence electrons. The van der Waals surface area contributed by atoms with Gasteiger partial charge in [-0.1, -0.05) is 39.0 Å². The number of carbonyl (C=O) groups is 3. The number of nitrogens with zero attached hydrogens (tertiary/aromatic N) is 4. The lowest BCUT2D eigenvalue weighted by atomic mass is 9.87. The highest BCUT2D eigenvalue weighted by Gasteiger charge is 2.42. The standard InChI is InChI=1S/C29H33N5O4/c1-29(2,3)22-8-10-23(11-9-22)34(27(36)24-7-5-17-33(24)28(37)38)25(21-6-4-14-31-19-21)26(35)32-18-20-12-15-30-16-13-20/h4,6,8-16,19,24-25H,5,7,17-18H2,1-3H3,(H,32,35)(H,37,38)/t24-,25?/m1/s1. The lowest BCUT2D eigenvalue weighted by Crippen LogP contribution is -2.51. The van der Waals surface area contributed by atoms with Gasteiger partial charge in [0, 0.05) is 49.1 Å². The second-order valence-corrected chi connectivity index (χ2v) is 10.4. The average Bonchev–Trinajstić information content (AvgIpc) is 3.41. The summed E-state index contributed by atoms with van der Waals surface area (Å²) in [5, 5.41) is 12.7. The van der Waals surface area contributed by atoms with Crippen LogP contribution in [-0.4, -0.2) is 50.5 Å². The molecule has 1 aromatic carbocycles. The van der Waals surface area contributed by atoms with Crippen LogP contribution in [0, 0.1) is 0 Å². The van der Waals surface area contributed by atoms with Gasteiger partial charge in [-0.05, 0) is 59.7 Å². The third-order valence-electron chi connectivity index (χ3n) is 6.76. The monoisotopic (exact) mass is 515 g/mol. The fraction of sp³-hybridized carbons (Fsp3) is 0.345. The minimum Gasteiger partial charge on any atom is -0.465 e. The van der Waals surface area contributed by atoms with E-state index in [1.165, 1.54) is 4.90 Å². The molecule has 0 saturated carbocycles. The maximum Gasteiger partial charge on any atom is 0.407 e. The largest absolute Gasteiger partial charge is 0.465 e. The first-order valence-corrected chi connectivity index (χ1v) is 12.7. The molecule has 9 heteroatoms. The fourth-order valence-electron chi connectivity index (χ4n) is 4.68. The average molecular weight is 516 g/mol. The molecule has 3 aromatic rings. The molecule has 2 atom stereocenters. The summed E-state index contributed by atoms with van der Waals surface area (Å²) in [5.74, 6) is -0.843. The Kier molecular flexibility index (Phi) is 8.05. The molecule has 0 spiro atoms. The van der Waals surface area contributed by atoms with Gasteiger partial charge in [0.25, 0.3) is 5.91 Å². The van der Waals surface area contributed by atoms with Gasteiger partial charge in [-0.15, -0.1) is 0 Å². The number of benzene rings is 1. The molecular formula is C29H33N5O4. The Hall–Kier alpha value is -4.27. The van der Waals surface area contributed by atoms with Crippen molar-refractivity contribution in [3.05, 3.63) is 90.0 Å². The van der Waals surface area contributed by atoms with E-state index in [9.17, 15) is 19.5 Å². The van der Waals surface area contributed by atoms with Crippen LogP contribution in [0.1, 0.15) is 56.3 Å². The van der Waals surface area contributed by atoms with Crippen LogP contribution < -0.4 is 10.2 Å². The van der Waals surface area contributed by atoms with E-state index in [0.717, 1.165) is 16.0 Å². The second kappa shape index (κ2) is 11.4. The van der Waals surface area contributed by atoms with Crippen molar-refractivity contribution in [2.45, 2.75) is 57.7 Å². The fourth-order valence-corrected chi connectivity index (χ4v) is 4.68. The predicted octanol–water partition coefficient (Wildman–Crippen LogP) is 4.31. The number of carboxylic acid groups (broad SMARTS) is 1. The molecule has 0 radical (unpaired) electrons. The topological polar surface area (TPSA) is 116 Å². The second-order valence-electron chi connectivity index (χ2n) is 10.4. The van der Waals surface area contributed by atoms with Gasteiger partial charge >= 0.3 is 6.09 Å². The van der Waals surface area contributed by atoms with E-state index in [2.05, 4.69) is 36.1 Å². The molecule has 3 heterocycles. The number of hydrogen-bond acceptors (Lipinski definition) is 5. The molecule has 1 unspecified atom stereocenters. The molecule has 9 nitrogen and oxygen atoms in total. The lowest BCUT2D eigenvalue weighted by Gasteiger charge is -2.35. The van der Waals surface area contributed by atoms with Crippen LogP contribution in [0.2, 0.25) is 0 Å². The SMILES string of the molecule is CC(C)(C)c1ccc(N(C(=O)[C@H]2CCCN2C(=O)O)C(C(=O)NCc2ccncc2)c2cccnc2)cc1. The zero-order valence-corrected chi connectivity index (χ0v) is 21.9. The molecule has 2 aromatic heterocycles. The maximum absolute atomic E-state index is 14.1. The normalized spacial score (nSPS) is 16.1. The van der Waals surface area contributed by atoms with Crippen molar-refractivity contribution < 1.29 is 19.5 Å². The molecule has 1 aliphatic rings. The van der Waals surface area contributed by atoms with Crippen molar-refractivity contribution in [2.75, 3.05) is 11.4 Å². The van der Waals surface area contributed by atoms with Crippen molar-refractivity contribution in [2.24, 2.45) is 0 Å². The van der Waals surface area contributed by atoms with Gasteiger partial charge in [0.05, 0.1) is 0 Å². The Labute approximate surface area is 222 Å². The smallest absolute Gasteiger partial charge is 0.407 e. The predicted molar refractivity (Wildman–Crippen MR) is 143 cm³/mol. The van der Waals surface area contributed by atoms with E-state index in [1.807, 2.05) is 24.3 Å². The third kappa shape index (κ3) is 5.99. The van der Waals surface area contributed by atoms with Gasteiger partial charge in [-0.2, -0.15) is 0 Å². The van der Waals surface area contributed by atoms with Crippen molar-refractivity contribution in [1.82, 2.24) is 20.2 Å². The summed E-state index contributed by atoms with van der Waals surface area (Å²) >= 11 is 0. The third-order valence-corrected chi connectivity index (χ3v) is 6.76. The molecule has 3 amide bonds. The zero-order valence-electron chi connectivity index (χ0n) is 21.9. The van der Waals surface area contributed by atoms with Crippen molar-refractivity contribution in [1.29, 1.82) is 0 Å². The van der Waals surface area contributed by atoms with Gasteiger partial charge in [0.2, 0.25) is 5.91 Å². The number of amides is 3. The van der Waals surface area contributed by atoms with Crippen LogP contribution in [0.4, 0.5) is 10.5 Å². The molecule has 0 bridgehead atoms. The van der Waals surface area contributed by atoms with Crippen LogP contribution in [0.3, 0.4) is 0 Å². The van der Waals surface area contributed by atoms with Crippen molar-refractivity contribution in [3.8, 4) is 0 Å². The van der Waals surface area contributed by atoms with E-state index in [0.29, 0.717) is 24.1 Å². The maximum atomic E-state index is 14.1. The summed E-state index contributed by atoms with van der Waals surface area (Å²) in [7, 11) is 0. The molecule has 1 saturated heterocycles.